The van der Waals surface area contributed by atoms with Crippen molar-refractivity contribution in [2.45, 2.75) is 32.3 Å². The van der Waals surface area contributed by atoms with Gasteiger partial charge in [-0.3, -0.25) is 0 Å². The lowest BCUT2D eigenvalue weighted by Gasteiger charge is -2.30. The van der Waals surface area contributed by atoms with Crippen LogP contribution in [-0.2, 0) is 18.0 Å². The average molecular weight is 224 g/mol. The lowest BCUT2D eigenvalue weighted by molar-refractivity contribution is -0.129. The highest BCUT2D eigenvalue weighted by molar-refractivity contribution is 6.61. The predicted octanol–water partition coefficient (Wildman–Crippen LogP) is 0.537. The maximum atomic E-state index is 9.31. The molecule has 0 saturated carbocycles. The lowest BCUT2D eigenvalue weighted by atomic mass is 10.5. The predicted molar refractivity (Wildman–Crippen MR) is 53.6 cm³/mol. The molecule has 0 aliphatic rings. The fourth-order valence-corrected chi connectivity index (χ4v) is 2.98. The van der Waals surface area contributed by atoms with Crippen molar-refractivity contribution >= 4 is 8.80 Å². The summed E-state index contributed by atoms with van der Waals surface area (Å²) in [6, 6.07) is 0. The lowest BCUT2D eigenvalue weighted by Crippen LogP contribution is -2.55. The minimum absolute atomic E-state index is 0.391. The quantitative estimate of drug-likeness (QED) is 0.505. The average Bonchev–Trinajstić information content (AvgIpc) is 2.21. The van der Waals surface area contributed by atoms with Crippen molar-refractivity contribution in [3.8, 4) is 0 Å². The molecule has 14 heavy (non-hydrogen) atoms. The van der Waals surface area contributed by atoms with Gasteiger partial charge in [-0.1, -0.05) is 6.92 Å². The molecule has 86 valence electrons. The van der Waals surface area contributed by atoms with Gasteiger partial charge in [0.05, 0.1) is 0 Å². The normalized spacial score (nSPS) is 16.7. The maximum absolute atomic E-state index is 9.31. The molecule has 0 saturated heterocycles. The Balaban J connectivity index is 4.35. The van der Waals surface area contributed by atoms with Crippen molar-refractivity contribution in [1.82, 2.24) is 0 Å². The molecule has 0 aromatic heterocycles. The topological polar surface area (TPSA) is 57.2 Å². The first-order valence-corrected chi connectivity index (χ1v) is 6.35. The van der Waals surface area contributed by atoms with Gasteiger partial charge in [-0.2, -0.15) is 0 Å². The first-order chi connectivity index (χ1) is 6.56. The molecule has 6 heteroatoms. The van der Waals surface area contributed by atoms with E-state index in [-0.39, 0.29) is 0 Å². The van der Waals surface area contributed by atoms with E-state index in [0.717, 1.165) is 0 Å². The summed E-state index contributed by atoms with van der Waals surface area (Å²) < 4.78 is 20.9. The molecule has 0 radical (unpaired) electrons. The van der Waals surface area contributed by atoms with Crippen LogP contribution in [0.5, 0.6) is 0 Å². The van der Waals surface area contributed by atoms with Crippen molar-refractivity contribution in [2.75, 3.05) is 21.3 Å². The van der Waals surface area contributed by atoms with E-state index in [1.165, 1.54) is 21.3 Å². The molecule has 0 bridgehead atoms. The molecule has 0 aliphatic carbocycles. The Morgan fingerprint density at radius 2 is 1.57 bits per heavy atom. The smallest absolute Gasteiger partial charge is 0.375 e. The van der Waals surface area contributed by atoms with E-state index >= 15 is 0 Å². The minimum Gasteiger partial charge on any atom is -0.375 e. The number of ether oxygens (including phenoxy) is 1. The van der Waals surface area contributed by atoms with E-state index in [0.29, 0.717) is 6.42 Å². The van der Waals surface area contributed by atoms with Crippen molar-refractivity contribution in [2.24, 2.45) is 0 Å². The Morgan fingerprint density at radius 3 is 1.86 bits per heavy atom. The van der Waals surface area contributed by atoms with Gasteiger partial charge in [-0.05, 0) is 13.3 Å². The van der Waals surface area contributed by atoms with Crippen LogP contribution in [0.4, 0.5) is 0 Å². The molecule has 0 rings (SSSR count). The van der Waals surface area contributed by atoms with Gasteiger partial charge in [-0.25, -0.2) is 0 Å². The SMILES string of the molecule is CCC(O)OC(C)[Si](OC)(OC)OC. The molecule has 0 aliphatic heterocycles. The third-order valence-corrected chi connectivity index (χ3v) is 4.90. The summed E-state index contributed by atoms with van der Waals surface area (Å²) in [5, 5.41) is 9.31. The Hall–Kier alpha value is 0.0169. The summed E-state index contributed by atoms with van der Waals surface area (Å²) in [7, 11) is 1.75. The second-order valence-corrected chi connectivity index (χ2v) is 6.10. The molecule has 0 fully saturated rings. The van der Waals surface area contributed by atoms with E-state index < -0.39 is 20.8 Å². The molecule has 0 spiro atoms. The molecule has 1 N–H and O–H groups in total. The molecule has 2 atom stereocenters. The third kappa shape index (κ3) is 3.30. The maximum Gasteiger partial charge on any atom is 0.530 e. The van der Waals surface area contributed by atoms with Crippen LogP contribution >= 0.6 is 0 Å². The highest BCUT2D eigenvalue weighted by Crippen LogP contribution is 2.16. The highest BCUT2D eigenvalue weighted by Gasteiger charge is 2.46. The van der Waals surface area contributed by atoms with Gasteiger partial charge >= 0.3 is 8.80 Å². The number of hydrogen-bond acceptors (Lipinski definition) is 5. The summed E-state index contributed by atoms with van der Waals surface area (Å²) in [6.07, 6.45) is -0.288. The van der Waals surface area contributed by atoms with Crippen LogP contribution in [0.15, 0.2) is 0 Å². The van der Waals surface area contributed by atoms with Gasteiger partial charge in [0.25, 0.3) is 0 Å². The van der Waals surface area contributed by atoms with Crippen molar-refractivity contribution in [3.63, 3.8) is 0 Å². The zero-order chi connectivity index (χ0) is 11.2. The molecule has 0 aromatic carbocycles. The van der Waals surface area contributed by atoms with E-state index in [2.05, 4.69) is 0 Å². The van der Waals surface area contributed by atoms with Crippen molar-refractivity contribution in [1.29, 1.82) is 0 Å². The number of aliphatic hydroxyl groups is 1. The van der Waals surface area contributed by atoms with Crippen LogP contribution in [0.2, 0.25) is 0 Å². The van der Waals surface area contributed by atoms with Gasteiger partial charge in [0.2, 0.25) is 0 Å². The zero-order valence-electron chi connectivity index (χ0n) is 9.44. The fraction of sp³-hybridized carbons (Fsp3) is 1.00. The Kier molecular flexibility index (Phi) is 6.50. The summed E-state index contributed by atoms with van der Waals surface area (Å²) in [5.74, 6) is 0. The Labute approximate surface area is 86.3 Å². The monoisotopic (exact) mass is 224 g/mol. The van der Waals surface area contributed by atoms with Crippen LogP contribution in [0.25, 0.3) is 0 Å². The summed E-state index contributed by atoms with van der Waals surface area (Å²) in [6.45, 7) is 3.59. The van der Waals surface area contributed by atoms with Gasteiger partial charge in [0.15, 0.2) is 6.29 Å². The van der Waals surface area contributed by atoms with Gasteiger partial charge in [-0.15, -0.1) is 0 Å². The molecular formula is C8H20O5Si. The van der Waals surface area contributed by atoms with Crippen LogP contribution < -0.4 is 0 Å². The number of rotatable bonds is 7. The molecule has 0 amide bonds. The third-order valence-electron chi connectivity index (χ3n) is 2.06. The van der Waals surface area contributed by atoms with Crippen LogP contribution in [0, 0.1) is 0 Å². The second-order valence-electron chi connectivity index (χ2n) is 2.86. The number of aliphatic hydroxyl groups excluding tert-OH is 1. The standard InChI is InChI=1S/C8H20O5Si/c1-6-8(9)13-7(2)14(10-3,11-4)12-5/h7-9H,6H2,1-5H3. The van der Waals surface area contributed by atoms with Crippen LogP contribution in [0.1, 0.15) is 20.3 Å². The second kappa shape index (κ2) is 6.49. The van der Waals surface area contributed by atoms with Crippen molar-refractivity contribution < 1.29 is 23.1 Å². The summed E-state index contributed by atoms with van der Waals surface area (Å²) in [4.78, 5) is 0. The zero-order valence-corrected chi connectivity index (χ0v) is 10.4. The molecular weight excluding hydrogens is 204 g/mol. The van der Waals surface area contributed by atoms with E-state index in [9.17, 15) is 5.11 Å². The summed E-state index contributed by atoms with van der Waals surface area (Å²) in [5.41, 5.74) is -0.391. The fourth-order valence-electron chi connectivity index (χ4n) is 1.16. The Morgan fingerprint density at radius 1 is 1.14 bits per heavy atom. The van der Waals surface area contributed by atoms with Crippen LogP contribution in [-0.4, -0.2) is 47.3 Å². The first-order valence-electron chi connectivity index (χ1n) is 4.55. The Bertz CT molecular complexity index is 142. The van der Waals surface area contributed by atoms with E-state index in [1.54, 1.807) is 6.92 Å². The summed E-state index contributed by atoms with van der Waals surface area (Å²) >= 11 is 0. The van der Waals surface area contributed by atoms with E-state index in [4.69, 9.17) is 18.0 Å². The minimum atomic E-state index is -2.78. The number of hydrogen-bond donors (Lipinski definition) is 1. The molecule has 5 nitrogen and oxygen atoms in total. The van der Waals surface area contributed by atoms with Crippen molar-refractivity contribution in [3.05, 3.63) is 0 Å². The van der Waals surface area contributed by atoms with Gasteiger partial charge in [0, 0.05) is 21.3 Å². The molecule has 0 heterocycles. The van der Waals surface area contributed by atoms with Crippen LogP contribution in [0.3, 0.4) is 0 Å². The first kappa shape index (κ1) is 14.0. The van der Waals surface area contributed by atoms with Gasteiger partial charge in [0.1, 0.15) is 5.73 Å². The molecule has 0 aromatic rings. The van der Waals surface area contributed by atoms with E-state index in [1.807, 2.05) is 6.92 Å². The highest BCUT2D eigenvalue weighted by atomic mass is 28.4. The molecule has 2 unspecified atom stereocenters. The van der Waals surface area contributed by atoms with Gasteiger partial charge < -0.3 is 23.1 Å². The largest absolute Gasteiger partial charge is 0.530 e.